The van der Waals surface area contributed by atoms with Crippen molar-refractivity contribution in [2.24, 2.45) is 5.92 Å². The van der Waals surface area contributed by atoms with E-state index in [0.29, 0.717) is 13.0 Å². The lowest BCUT2D eigenvalue weighted by molar-refractivity contribution is -0.155. The summed E-state index contributed by atoms with van der Waals surface area (Å²) in [6, 6.07) is 0. The summed E-state index contributed by atoms with van der Waals surface area (Å²) in [5.74, 6) is -2.09. The molecule has 0 saturated carbocycles. The van der Waals surface area contributed by atoms with Gasteiger partial charge in [-0.2, -0.15) is 0 Å². The Balaban J connectivity index is 3.75. The zero-order chi connectivity index (χ0) is 36.6. The third kappa shape index (κ3) is 34.2. The summed E-state index contributed by atoms with van der Waals surface area (Å²) in [6.07, 6.45) is 45.8. The Morgan fingerprint density at radius 1 is 0.420 bits per heavy atom. The van der Waals surface area contributed by atoms with E-state index in [1.165, 1.54) is 193 Å². The summed E-state index contributed by atoms with van der Waals surface area (Å²) in [6.45, 7) is 4.23. The average Bonchev–Trinajstić information content (AvgIpc) is 3.12. The summed E-state index contributed by atoms with van der Waals surface area (Å²) in [4.78, 5) is 25.4. The molecule has 0 aliphatic rings. The molecule has 298 valence electrons. The molecule has 5 heteroatoms. The van der Waals surface area contributed by atoms with Crippen LogP contribution in [-0.2, 0) is 14.3 Å². The van der Waals surface area contributed by atoms with Crippen molar-refractivity contribution in [2.75, 3.05) is 13.2 Å². The van der Waals surface area contributed by atoms with Gasteiger partial charge in [-0.05, 0) is 12.8 Å². The fourth-order valence-corrected chi connectivity index (χ4v) is 7.23. The number of hydrogen-bond donors (Lipinski definition) is 2. The highest BCUT2D eigenvalue weighted by Gasteiger charge is 2.31. The smallest absolute Gasteiger partial charge is 0.316 e. The number of aliphatic hydroxyl groups excluding tert-OH is 2. The summed E-state index contributed by atoms with van der Waals surface area (Å²) < 4.78 is 5.48. The van der Waals surface area contributed by atoms with E-state index in [9.17, 15) is 19.8 Å². The van der Waals surface area contributed by atoms with Gasteiger partial charge in [0.1, 0.15) is 12.0 Å². The van der Waals surface area contributed by atoms with E-state index >= 15 is 0 Å². The molecule has 2 unspecified atom stereocenters. The van der Waals surface area contributed by atoms with E-state index in [1.54, 1.807) is 0 Å². The van der Waals surface area contributed by atoms with Crippen molar-refractivity contribution in [3.63, 3.8) is 0 Å². The number of carbonyl (C=O) groups is 2. The lowest BCUT2D eigenvalue weighted by Gasteiger charge is -2.17. The van der Waals surface area contributed by atoms with Crippen molar-refractivity contribution in [2.45, 2.75) is 258 Å². The number of hydrogen-bond acceptors (Lipinski definition) is 5. The Morgan fingerprint density at radius 2 is 0.680 bits per heavy atom. The fourth-order valence-electron chi connectivity index (χ4n) is 7.23. The molecule has 0 fully saturated rings. The first-order chi connectivity index (χ1) is 24.6. The highest BCUT2D eigenvalue weighted by atomic mass is 16.5. The predicted molar refractivity (Wildman–Crippen MR) is 215 cm³/mol. The van der Waals surface area contributed by atoms with Crippen LogP contribution in [0.5, 0.6) is 0 Å². The lowest BCUT2D eigenvalue weighted by atomic mass is 9.93. The molecule has 2 N–H and O–H groups in total. The van der Waals surface area contributed by atoms with E-state index in [2.05, 4.69) is 13.8 Å². The molecule has 0 radical (unpaired) electrons. The standard InChI is InChI=1S/C45H88O5/c1-3-5-7-9-11-13-15-17-19-21-23-25-27-29-31-33-35-37-39-42(44(48)43(47)41-46)45(49)50-40-38-36-34-32-30-28-26-24-22-20-18-16-14-12-10-8-6-4-2/h42-43,46-47H,3-41H2,1-2H3. The number of esters is 1. The number of rotatable bonds is 42. The van der Waals surface area contributed by atoms with Crippen molar-refractivity contribution in [3.8, 4) is 0 Å². The van der Waals surface area contributed by atoms with Crippen LogP contribution in [0.4, 0.5) is 0 Å². The minimum Gasteiger partial charge on any atom is -0.465 e. The number of unbranched alkanes of at least 4 members (excludes halogenated alkanes) is 34. The molecule has 2 atom stereocenters. The maximum Gasteiger partial charge on any atom is 0.316 e. The number of ketones is 1. The maximum atomic E-state index is 12.8. The van der Waals surface area contributed by atoms with Crippen molar-refractivity contribution >= 4 is 11.8 Å². The van der Waals surface area contributed by atoms with Crippen LogP contribution in [-0.4, -0.2) is 41.3 Å². The van der Waals surface area contributed by atoms with Crippen molar-refractivity contribution in [1.29, 1.82) is 0 Å². The minimum absolute atomic E-state index is 0.329. The Kier molecular flexibility index (Phi) is 40.1. The Labute approximate surface area is 312 Å². The van der Waals surface area contributed by atoms with E-state index in [-0.39, 0.29) is 0 Å². The molecular formula is C45H88O5. The lowest BCUT2D eigenvalue weighted by Crippen LogP contribution is -2.36. The molecule has 50 heavy (non-hydrogen) atoms. The second-order valence-corrected chi connectivity index (χ2v) is 15.6. The van der Waals surface area contributed by atoms with Crippen LogP contribution in [0.25, 0.3) is 0 Å². The van der Waals surface area contributed by atoms with Gasteiger partial charge in [-0.25, -0.2) is 0 Å². The maximum absolute atomic E-state index is 12.8. The van der Waals surface area contributed by atoms with Gasteiger partial charge in [0, 0.05) is 0 Å². The monoisotopic (exact) mass is 709 g/mol. The number of ether oxygens (including phenoxy) is 1. The molecular weight excluding hydrogens is 620 g/mol. The minimum atomic E-state index is -1.51. The van der Waals surface area contributed by atoms with E-state index in [1.807, 2.05) is 0 Å². The quantitative estimate of drug-likeness (QED) is 0.0375. The van der Waals surface area contributed by atoms with Crippen LogP contribution in [0.2, 0.25) is 0 Å². The number of aliphatic hydroxyl groups is 2. The highest BCUT2D eigenvalue weighted by molar-refractivity contribution is 6.01. The van der Waals surface area contributed by atoms with Gasteiger partial charge in [-0.1, -0.05) is 239 Å². The van der Waals surface area contributed by atoms with Gasteiger partial charge < -0.3 is 14.9 Å². The fraction of sp³-hybridized carbons (Fsp3) is 0.956. The van der Waals surface area contributed by atoms with Gasteiger partial charge in [0.05, 0.1) is 13.2 Å². The highest BCUT2D eigenvalue weighted by Crippen LogP contribution is 2.19. The third-order valence-corrected chi connectivity index (χ3v) is 10.7. The molecule has 0 aromatic carbocycles. The zero-order valence-corrected chi connectivity index (χ0v) is 33.9. The molecule has 0 aromatic heterocycles. The van der Waals surface area contributed by atoms with E-state index in [4.69, 9.17) is 4.74 Å². The van der Waals surface area contributed by atoms with Crippen LogP contribution in [0.3, 0.4) is 0 Å². The second-order valence-electron chi connectivity index (χ2n) is 15.6. The summed E-state index contributed by atoms with van der Waals surface area (Å²) in [5, 5.41) is 19.2. The normalized spacial score (nSPS) is 12.7. The Morgan fingerprint density at radius 3 is 0.960 bits per heavy atom. The van der Waals surface area contributed by atoms with Crippen molar-refractivity contribution in [3.05, 3.63) is 0 Å². The average molecular weight is 709 g/mol. The third-order valence-electron chi connectivity index (χ3n) is 10.7. The Bertz CT molecular complexity index is 695. The molecule has 0 rings (SSSR count). The SMILES string of the molecule is CCCCCCCCCCCCCCCCCCCCOC(=O)C(CCCCCCCCCCCCCCCCCCCC)C(=O)C(O)CO. The Hall–Kier alpha value is -0.940. The van der Waals surface area contributed by atoms with Gasteiger partial charge in [0.15, 0.2) is 5.78 Å². The van der Waals surface area contributed by atoms with Gasteiger partial charge in [0.25, 0.3) is 0 Å². The van der Waals surface area contributed by atoms with Crippen LogP contribution in [0, 0.1) is 5.92 Å². The molecule has 5 nitrogen and oxygen atoms in total. The van der Waals surface area contributed by atoms with Gasteiger partial charge in [-0.15, -0.1) is 0 Å². The van der Waals surface area contributed by atoms with Crippen LogP contribution in [0.15, 0.2) is 0 Å². The first-order valence-corrected chi connectivity index (χ1v) is 22.6. The van der Waals surface area contributed by atoms with Crippen molar-refractivity contribution in [1.82, 2.24) is 0 Å². The number of Topliss-reactive ketones (excluding diaryl/α,β-unsaturated/α-hetero) is 1. The first kappa shape index (κ1) is 49.1. The van der Waals surface area contributed by atoms with Gasteiger partial charge in [-0.3, -0.25) is 9.59 Å². The summed E-state index contributed by atoms with van der Waals surface area (Å²) >= 11 is 0. The summed E-state index contributed by atoms with van der Waals surface area (Å²) in [5.41, 5.74) is 0. The zero-order valence-electron chi connectivity index (χ0n) is 33.9. The summed E-state index contributed by atoms with van der Waals surface area (Å²) in [7, 11) is 0. The van der Waals surface area contributed by atoms with Crippen LogP contribution in [0.1, 0.15) is 251 Å². The molecule has 0 bridgehead atoms. The van der Waals surface area contributed by atoms with E-state index in [0.717, 1.165) is 38.5 Å². The van der Waals surface area contributed by atoms with E-state index < -0.39 is 30.4 Å². The molecule has 0 aliphatic carbocycles. The van der Waals surface area contributed by atoms with Crippen LogP contribution >= 0.6 is 0 Å². The largest absolute Gasteiger partial charge is 0.465 e. The molecule has 0 aliphatic heterocycles. The van der Waals surface area contributed by atoms with Crippen LogP contribution < -0.4 is 0 Å². The second kappa shape index (κ2) is 40.8. The van der Waals surface area contributed by atoms with Gasteiger partial charge >= 0.3 is 5.97 Å². The molecule has 0 heterocycles. The molecule has 0 amide bonds. The molecule has 0 spiro atoms. The van der Waals surface area contributed by atoms with Crippen molar-refractivity contribution < 1.29 is 24.5 Å². The topological polar surface area (TPSA) is 83.8 Å². The number of carbonyl (C=O) groups excluding carboxylic acids is 2. The molecule has 0 aromatic rings. The molecule has 0 saturated heterocycles. The first-order valence-electron chi connectivity index (χ1n) is 22.6. The predicted octanol–water partition coefficient (Wildman–Crippen LogP) is 13.5. The van der Waals surface area contributed by atoms with Gasteiger partial charge in [0.2, 0.25) is 0 Å².